The van der Waals surface area contributed by atoms with Crippen molar-refractivity contribution in [2.24, 2.45) is 7.05 Å². The Morgan fingerprint density at radius 3 is 2.50 bits per heavy atom. The normalized spacial score (nSPS) is 11.2. The molecule has 0 atom stereocenters. The summed E-state index contributed by atoms with van der Waals surface area (Å²) in [7, 11) is 3.48. The lowest BCUT2D eigenvalue weighted by atomic mass is 10.0. The molecule has 1 N–H and O–H groups in total. The fourth-order valence-electron chi connectivity index (χ4n) is 3.96. The Morgan fingerprint density at radius 1 is 1.09 bits per heavy atom. The summed E-state index contributed by atoms with van der Waals surface area (Å²) < 4.78 is 8.94. The van der Waals surface area contributed by atoms with Gasteiger partial charge >= 0.3 is 0 Å². The Morgan fingerprint density at radius 2 is 1.84 bits per heavy atom. The van der Waals surface area contributed by atoms with Gasteiger partial charge in [0.05, 0.1) is 35.1 Å². The van der Waals surface area contributed by atoms with Crippen molar-refractivity contribution in [2.75, 3.05) is 13.7 Å². The number of aromatic nitrogens is 5. The molecule has 3 heterocycles. The number of benzene rings is 1. The van der Waals surface area contributed by atoms with Crippen molar-refractivity contribution in [1.82, 2.24) is 29.9 Å². The van der Waals surface area contributed by atoms with Crippen LogP contribution in [0.1, 0.15) is 33.9 Å². The number of hydrogen-bond donors (Lipinski definition) is 1. The molecule has 8 heteroatoms. The van der Waals surface area contributed by atoms with Gasteiger partial charge in [0.2, 0.25) is 0 Å². The summed E-state index contributed by atoms with van der Waals surface area (Å²) >= 11 is 0. The smallest absolute Gasteiger partial charge is 0.252 e. The predicted molar refractivity (Wildman–Crippen MR) is 124 cm³/mol. The number of nitrogens with one attached hydrogen (secondary N) is 1. The molecule has 4 aromatic rings. The van der Waals surface area contributed by atoms with E-state index in [1.54, 1.807) is 11.8 Å². The molecule has 32 heavy (non-hydrogen) atoms. The van der Waals surface area contributed by atoms with Gasteiger partial charge in [-0.25, -0.2) is 4.98 Å². The first kappa shape index (κ1) is 21.5. The third-order valence-corrected chi connectivity index (χ3v) is 5.53. The van der Waals surface area contributed by atoms with Crippen LogP contribution in [0.15, 0.2) is 36.4 Å². The second-order valence-electron chi connectivity index (χ2n) is 7.95. The first-order valence-electron chi connectivity index (χ1n) is 10.7. The summed E-state index contributed by atoms with van der Waals surface area (Å²) in [5.41, 5.74) is 5.80. The Balaban J connectivity index is 1.58. The number of carbonyl (C=O) groups is 1. The number of pyridine rings is 1. The van der Waals surface area contributed by atoms with Crippen molar-refractivity contribution in [3.8, 4) is 17.0 Å². The van der Waals surface area contributed by atoms with E-state index in [4.69, 9.17) is 9.72 Å². The highest BCUT2D eigenvalue weighted by Gasteiger charge is 2.19. The summed E-state index contributed by atoms with van der Waals surface area (Å²) in [4.78, 5) is 17.9. The van der Waals surface area contributed by atoms with Crippen LogP contribution in [0.3, 0.4) is 0 Å². The average molecular weight is 433 g/mol. The Kier molecular flexibility index (Phi) is 5.94. The fraction of sp³-hybridized carbons (Fsp3) is 0.333. The zero-order chi connectivity index (χ0) is 22.8. The zero-order valence-electron chi connectivity index (χ0n) is 19.1. The maximum absolute atomic E-state index is 13.2. The fourth-order valence-corrected chi connectivity index (χ4v) is 3.96. The number of aryl methyl sites for hydroxylation is 5. The highest BCUT2D eigenvalue weighted by molar-refractivity contribution is 6.07. The topological polar surface area (TPSA) is 86.9 Å². The standard InChI is InChI=1S/C24H28N6O2/c1-15-13-16(2)30(27-15)12-6-11-25-24(31)20-14-21(18-7-9-19(32-5)10-8-18)26-23-22(20)17(3)28-29(23)4/h7-10,13-14H,6,11-12H2,1-5H3,(H,25,31). The number of methoxy groups -OCH3 is 1. The third-order valence-electron chi connectivity index (χ3n) is 5.53. The van der Waals surface area contributed by atoms with Crippen LogP contribution in [0.4, 0.5) is 0 Å². The molecule has 0 saturated heterocycles. The maximum Gasteiger partial charge on any atom is 0.252 e. The first-order chi connectivity index (χ1) is 15.4. The maximum atomic E-state index is 13.2. The Hall–Kier alpha value is -3.68. The van der Waals surface area contributed by atoms with Crippen LogP contribution in [0.5, 0.6) is 5.75 Å². The van der Waals surface area contributed by atoms with E-state index in [-0.39, 0.29) is 5.91 Å². The van der Waals surface area contributed by atoms with Crippen LogP contribution in [-0.2, 0) is 13.6 Å². The number of carbonyl (C=O) groups excluding carboxylic acids is 1. The molecular formula is C24H28N6O2. The predicted octanol–water partition coefficient (Wildman–Crippen LogP) is 3.59. The second-order valence-corrected chi connectivity index (χ2v) is 7.95. The molecule has 8 nitrogen and oxygen atoms in total. The van der Waals surface area contributed by atoms with Gasteiger partial charge in [-0.15, -0.1) is 0 Å². The molecule has 0 fully saturated rings. The number of rotatable bonds is 7. The lowest BCUT2D eigenvalue weighted by Gasteiger charge is -2.10. The lowest BCUT2D eigenvalue weighted by Crippen LogP contribution is -2.26. The van der Waals surface area contributed by atoms with Crippen molar-refractivity contribution < 1.29 is 9.53 Å². The van der Waals surface area contributed by atoms with E-state index in [9.17, 15) is 4.79 Å². The molecule has 0 bridgehead atoms. The number of hydrogen-bond acceptors (Lipinski definition) is 5. The van der Waals surface area contributed by atoms with Gasteiger partial charge in [-0.2, -0.15) is 10.2 Å². The van der Waals surface area contributed by atoms with Gasteiger partial charge in [0.25, 0.3) is 5.91 Å². The van der Waals surface area contributed by atoms with Crippen LogP contribution in [0.2, 0.25) is 0 Å². The first-order valence-corrected chi connectivity index (χ1v) is 10.7. The van der Waals surface area contributed by atoms with Crippen LogP contribution in [0, 0.1) is 20.8 Å². The highest BCUT2D eigenvalue weighted by Crippen LogP contribution is 2.28. The summed E-state index contributed by atoms with van der Waals surface area (Å²) in [5.74, 6) is 0.642. The summed E-state index contributed by atoms with van der Waals surface area (Å²) in [5, 5.41) is 12.8. The minimum atomic E-state index is -0.128. The molecule has 0 spiro atoms. The van der Waals surface area contributed by atoms with Crippen molar-refractivity contribution in [3.05, 3.63) is 59.0 Å². The second kappa shape index (κ2) is 8.82. The molecule has 4 rings (SSSR count). The van der Waals surface area contributed by atoms with Crippen LogP contribution in [0.25, 0.3) is 22.3 Å². The zero-order valence-corrected chi connectivity index (χ0v) is 19.1. The Labute approximate surface area is 187 Å². The largest absolute Gasteiger partial charge is 0.497 e. The molecule has 166 valence electrons. The van der Waals surface area contributed by atoms with Crippen molar-refractivity contribution in [2.45, 2.75) is 33.7 Å². The number of amides is 1. The van der Waals surface area contributed by atoms with E-state index in [0.717, 1.165) is 52.4 Å². The Bertz CT molecular complexity index is 1270. The average Bonchev–Trinajstić information content (AvgIpc) is 3.27. The molecule has 0 unspecified atom stereocenters. The third kappa shape index (κ3) is 4.21. The van der Waals surface area contributed by atoms with Crippen LogP contribution >= 0.6 is 0 Å². The van der Waals surface area contributed by atoms with Crippen LogP contribution < -0.4 is 10.1 Å². The van der Waals surface area contributed by atoms with E-state index in [1.807, 2.05) is 62.8 Å². The minimum Gasteiger partial charge on any atom is -0.497 e. The van der Waals surface area contributed by atoms with E-state index < -0.39 is 0 Å². The van der Waals surface area contributed by atoms with Gasteiger partial charge in [0.1, 0.15) is 5.75 Å². The van der Waals surface area contributed by atoms with E-state index in [2.05, 4.69) is 21.6 Å². The molecule has 1 aromatic carbocycles. The van der Waals surface area contributed by atoms with Crippen molar-refractivity contribution >= 4 is 16.9 Å². The summed E-state index contributed by atoms with van der Waals surface area (Å²) in [6, 6.07) is 11.5. The van der Waals surface area contributed by atoms with Gasteiger partial charge in [0, 0.05) is 31.4 Å². The molecule has 0 aliphatic heterocycles. The molecule has 0 radical (unpaired) electrons. The quantitative estimate of drug-likeness (QED) is 0.451. The van der Waals surface area contributed by atoms with E-state index in [1.165, 1.54) is 0 Å². The molecule has 1 amide bonds. The summed E-state index contributed by atoms with van der Waals surface area (Å²) in [6.45, 7) is 7.23. The number of ether oxygens (including phenoxy) is 1. The molecule has 3 aromatic heterocycles. The summed E-state index contributed by atoms with van der Waals surface area (Å²) in [6.07, 6.45) is 0.791. The van der Waals surface area contributed by atoms with Crippen molar-refractivity contribution in [3.63, 3.8) is 0 Å². The molecule has 0 aliphatic carbocycles. The van der Waals surface area contributed by atoms with Gasteiger partial charge in [-0.1, -0.05) is 0 Å². The van der Waals surface area contributed by atoms with Crippen molar-refractivity contribution in [1.29, 1.82) is 0 Å². The van der Waals surface area contributed by atoms with Crippen LogP contribution in [-0.4, -0.2) is 44.1 Å². The van der Waals surface area contributed by atoms with Gasteiger partial charge < -0.3 is 10.1 Å². The molecular weight excluding hydrogens is 404 g/mol. The molecule has 0 saturated carbocycles. The van der Waals surface area contributed by atoms with Gasteiger partial charge in [-0.3, -0.25) is 14.2 Å². The SMILES string of the molecule is COc1ccc(-c2cc(C(=O)NCCCn3nc(C)cc3C)c3c(C)nn(C)c3n2)cc1. The van der Waals surface area contributed by atoms with E-state index >= 15 is 0 Å². The minimum absolute atomic E-state index is 0.128. The number of fused-ring (bicyclic) bond motifs is 1. The number of nitrogens with zero attached hydrogens (tertiary/aromatic N) is 5. The van der Waals surface area contributed by atoms with Gasteiger partial charge in [0.15, 0.2) is 5.65 Å². The highest BCUT2D eigenvalue weighted by atomic mass is 16.5. The lowest BCUT2D eigenvalue weighted by molar-refractivity contribution is 0.0954. The van der Waals surface area contributed by atoms with E-state index in [0.29, 0.717) is 17.8 Å². The monoisotopic (exact) mass is 432 g/mol. The van der Waals surface area contributed by atoms with Gasteiger partial charge in [-0.05, 0) is 63.6 Å². The molecule has 0 aliphatic rings.